The average molecular weight is 1590 g/mol. The van der Waals surface area contributed by atoms with Crippen molar-refractivity contribution in [1.29, 1.82) is 0 Å². The number of hydrogen-bond donors (Lipinski definition) is 13. The van der Waals surface area contributed by atoms with Gasteiger partial charge in [-0.1, -0.05) is 156 Å². The molecule has 114 heavy (non-hydrogen) atoms. The summed E-state index contributed by atoms with van der Waals surface area (Å²) in [6.07, 6.45) is 8.28. The third-order valence-electron chi connectivity index (χ3n) is 19.7. The van der Waals surface area contributed by atoms with Crippen molar-refractivity contribution >= 4 is 76.8 Å². The van der Waals surface area contributed by atoms with Gasteiger partial charge in [-0.15, -0.1) is 0 Å². The number of nitrogens with two attached hydrogens (primary N) is 4. The second-order valence-corrected chi connectivity index (χ2v) is 31.9. The van der Waals surface area contributed by atoms with Crippen molar-refractivity contribution < 1.29 is 72.2 Å². The zero-order chi connectivity index (χ0) is 84.1. The first kappa shape index (κ1) is 96.4. The van der Waals surface area contributed by atoms with Crippen LogP contribution in [0.2, 0.25) is 0 Å². The van der Waals surface area contributed by atoms with Crippen LogP contribution in [0.1, 0.15) is 180 Å². The lowest BCUT2D eigenvalue weighted by Crippen LogP contribution is -2.53. The van der Waals surface area contributed by atoms with Gasteiger partial charge in [-0.3, -0.25) is 43.2 Å². The van der Waals surface area contributed by atoms with E-state index in [-0.39, 0.29) is 116 Å². The summed E-state index contributed by atoms with van der Waals surface area (Å²) in [6, 6.07) is 31.9. The Hall–Kier alpha value is -9.93. The van der Waals surface area contributed by atoms with Gasteiger partial charge in [-0.05, 0) is 189 Å². The summed E-state index contributed by atoms with van der Waals surface area (Å²) in [7, 11) is 0. The summed E-state index contributed by atoms with van der Waals surface area (Å²) >= 11 is 0. The number of carboxylic acid groups (broad SMARTS) is 1. The maximum Gasteiger partial charge on any atom is 0.407 e. The van der Waals surface area contributed by atoms with Crippen molar-refractivity contribution in [3.63, 3.8) is 0 Å². The number of carboxylic acids is 1. The second kappa shape index (κ2) is 52.5. The molecule has 10 amide bonds. The normalized spacial score (nSPS) is 15.1. The Morgan fingerprint density at radius 1 is 0.500 bits per heavy atom. The van der Waals surface area contributed by atoms with E-state index in [4.69, 9.17) is 27.7 Å². The van der Waals surface area contributed by atoms with Crippen LogP contribution in [0.25, 0.3) is 0 Å². The van der Waals surface area contributed by atoms with Gasteiger partial charge >= 0.3 is 24.1 Å². The molecule has 2 aliphatic rings. The summed E-state index contributed by atoms with van der Waals surface area (Å²) in [5, 5.41) is 31.8. The van der Waals surface area contributed by atoms with Crippen LogP contribution in [-0.2, 0) is 78.4 Å². The van der Waals surface area contributed by atoms with Crippen LogP contribution in [0.4, 0.5) is 14.4 Å². The fourth-order valence-electron chi connectivity index (χ4n) is 13.7. The number of piperidine rings is 2. The molecule has 0 radical (unpaired) electrons. The minimum absolute atomic E-state index is 0.0637. The highest BCUT2D eigenvalue weighted by atomic mass is 16.6. The van der Waals surface area contributed by atoms with Crippen LogP contribution in [0.5, 0.6) is 0 Å². The molecule has 628 valence electrons. The third-order valence-corrected chi connectivity index (χ3v) is 19.7. The van der Waals surface area contributed by atoms with Gasteiger partial charge in [0.2, 0.25) is 29.5 Å². The fourth-order valence-corrected chi connectivity index (χ4v) is 13.7. The smallest absolute Gasteiger partial charge is 0.407 e. The first-order valence-corrected chi connectivity index (χ1v) is 40.4. The van der Waals surface area contributed by atoms with Crippen molar-refractivity contribution in [3.05, 3.63) is 144 Å². The van der Waals surface area contributed by atoms with Crippen molar-refractivity contribution in [2.75, 3.05) is 52.4 Å². The lowest BCUT2D eigenvalue weighted by atomic mass is 9.88. The average Bonchev–Trinajstić information content (AvgIpc) is 0.848. The van der Waals surface area contributed by atoms with E-state index < -0.39 is 83.6 Å². The number of unbranched alkanes of at least 4 members (excludes halogenated alkanes) is 2. The van der Waals surface area contributed by atoms with Crippen LogP contribution >= 0.6 is 0 Å². The number of ether oxygens (including phenoxy) is 1. The lowest BCUT2D eigenvalue weighted by Gasteiger charge is -2.35. The summed E-state index contributed by atoms with van der Waals surface area (Å²) in [5.74, 6) is -4.78. The number of rotatable bonds is 45. The fraction of sp³-hybridized carbons (Fsp3) is 0.570. The van der Waals surface area contributed by atoms with Crippen molar-refractivity contribution in [2.45, 2.75) is 220 Å². The molecule has 0 aliphatic carbocycles. The van der Waals surface area contributed by atoms with Crippen molar-refractivity contribution in [3.8, 4) is 0 Å². The number of nitrogens with zero attached hydrogens (tertiary/aromatic N) is 1. The van der Waals surface area contributed by atoms with E-state index in [1.165, 1.54) is 0 Å². The molecule has 0 spiro atoms. The van der Waals surface area contributed by atoms with Crippen molar-refractivity contribution in [2.24, 2.45) is 64.4 Å². The minimum Gasteiger partial charge on any atom is -0.480 e. The number of nitrogens with one attached hydrogen (secondary N) is 8. The van der Waals surface area contributed by atoms with Crippen LogP contribution < -0.4 is 65.5 Å². The van der Waals surface area contributed by atoms with E-state index in [9.17, 15) is 67.4 Å². The molecule has 4 aromatic carbocycles. The lowest BCUT2D eigenvalue weighted by molar-refractivity contribution is -0.143. The summed E-state index contributed by atoms with van der Waals surface area (Å²) in [6.45, 7) is 18.5. The van der Waals surface area contributed by atoms with Gasteiger partial charge in [-0.25, -0.2) is 19.2 Å². The van der Waals surface area contributed by atoms with Crippen LogP contribution in [0, 0.1) is 41.4 Å². The quantitative estimate of drug-likeness (QED) is 0.0191. The number of carbonyl (C=O) groups excluding carboxylic acids is 12. The number of carbonyl (C=O) groups is 13. The number of primary amides is 2. The number of aliphatic carboxylic acids is 1. The molecule has 8 atom stereocenters. The first-order chi connectivity index (χ1) is 54.2. The monoisotopic (exact) mass is 1580 g/mol. The van der Waals surface area contributed by atoms with E-state index >= 15 is 0 Å². The van der Waals surface area contributed by atoms with E-state index in [0.29, 0.717) is 109 Å². The third kappa shape index (κ3) is 40.7. The van der Waals surface area contributed by atoms with E-state index in [0.717, 1.165) is 48.2 Å². The first-order valence-electron chi connectivity index (χ1n) is 40.4. The van der Waals surface area contributed by atoms with Gasteiger partial charge in [-0.2, -0.15) is 0 Å². The SMILES string of the molecule is CC(C)C[C@@H](CC(=O)[C@@H](Cc1ccccc1)NC(=O)[C@H](C)Cc1ccccc1)C(=O)N[C@H](CCCCNC(=O)OC(C)(C)C)C(=O)O.CC(C)C[C@@H](CC(=O)[C@@H](Cc1ccccc1)NC(=O)[C@H](N)Cc1ccccc1)C(=O)N[C@H](CCCCN)C(=O)N1CCC(CC(=O)CNC(N)=O)CC1.NC(=O)NCC(=O)CC1CCNCC1. The molecule has 0 saturated carbocycles. The second-order valence-electron chi connectivity index (χ2n) is 31.9. The molecular formula is C86H129N13O15. The largest absolute Gasteiger partial charge is 0.480 e. The topological polar surface area (TPSA) is 455 Å². The number of hydrogen-bond acceptors (Lipinski definition) is 17. The maximum absolute atomic E-state index is 14.0. The molecule has 0 bridgehead atoms. The molecule has 6 rings (SSSR count). The molecule has 0 unspecified atom stereocenters. The molecule has 0 aromatic heterocycles. The molecular weight excluding hydrogens is 1460 g/mol. The zero-order valence-corrected chi connectivity index (χ0v) is 68.2. The molecule has 28 heteroatoms. The van der Waals surface area contributed by atoms with E-state index in [2.05, 4.69) is 42.5 Å². The van der Waals surface area contributed by atoms with Gasteiger partial charge in [0.1, 0.15) is 17.7 Å². The summed E-state index contributed by atoms with van der Waals surface area (Å²) in [5.41, 5.74) is 25.0. The Kier molecular flexibility index (Phi) is 44.4. The van der Waals surface area contributed by atoms with Gasteiger partial charge in [0, 0.05) is 63.1 Å². The van der Waals surface area contributed by atoms with Gasteiger partial charge < -0.3 is 80.2 Å². The Morgan fingerprint density at radius 2 is 0.895 bits per heavy atom. The van der Waals surface area contributed by atoms with E-state index in [1.54, 1.807) is 25.7 Å². The molecule has 2 aliphatic heterocycles. The highest BCUT2D eigenvalue weighted by Gasteiger charge is 2.36. The van der Waals surface area contributed by atoms with Crippen LogP contribution in [0.3, 0.4) is 0 Å². The predicted molar refractivity (Wildman–Crippen MR) is 439 cm³/mol. The highest BCUT2D eigenvalue weighted by molar-refractivity contribution is 5.96. The van der Waals surface area contributed by atoms with Gasteiger partial charge in [0.15, 0.2) is 23.1 Å². The van der Waals surface area contributed by atoms with E-state index in [1.807, 2.05) is 156 Å². The Morgan fingerprint density at radius 3 is 1.32 bits per heavy atom. The number of ketones is 4. The van der Waals surface area contributed by atoms with Crippen LogP contribution in [-0.4, -0.2) is 175 Å². The Labute approximate surface area is 673 Å². The van der Waals surface area contributed by atoms with Crippen LogP contribution in [0.15, 0.2) is 121 Å². The molecule has 2 saturated heterocycles. The Bertz CT molecular complexity index is 3630. The zero-order valence-electron chi connectivity index (χ0n) is 68.2. The number of amides is 10. The Balaban J connectivity index is 0.000000411. The number of alkyl carbamates (subject to hydrolysis) is 1. The molecule has 2 fully saturated rings. The molecule has 17 N–H and O–H groups in total. The number of likely N-dealkylation sites (tertiary alicyclic amines) is 1. The summed E-state index contributed by atoms with van der Waals surface area (Å²) in [4.78, 5) is 166. The van der Waals surface area contributed by atoms with Crippen molar-refractivity contribution in [1.82, 2.24) is 47.4 Å². The van der Waals surface area contributed by atoms with Gasteiger partial charge in [0.05, 0.1) is 31.2 Å². The number of Topliss-reactive ketones (excluding diaryl/α,β-unsaturated/α-hetero) is 4. The highest BCUT2D eigenvalue weighted by Crippen LogP contribution is 2.26. The number of urea groups is 2. The molecule has 4 aromatic rings. The van der Waals surface area contributed by atoms with Gasteiger partial charge in [0.25, 0.3) is 0 Å². The maximum atomic E-state index is 14.0. The molecule has 28 nitrogen and oxygen atoms in total. The number of benzene rings is 4. The minimum atomic E-state index is -1.17. The molecule has 2 heterocycles. The predicted octanol–water partition coefficient (Wildman–Crippen LogP) is 7.48. The summed E-state index contributed by atoms with van der Waals surface area (Å²) < 4.78 is 5.20. The standard InChI is InChI=1S/C40H59N7O6.C37H53N3O7.C9H17N3O2/c1-27(2)21-31(25-36(49)35(24-29-13-7-4-8-14-29)46-38(51)33(42)23-28-11-5-3-6-12-28)37(50)45-34(15-9-10-18-41)39(52)47-19-16-30(17-20-47)22-32(48)26-44-40(43)53;1-25(2)21-29(34(43)39-30(35(44)45)19-13-14-20-38-36(46)47-37(4,5)6)24-32(41)31(23-28-17-11-8-12-18-28)40-33(42)26(3)22-27-15-9-7-10-16-27;10-9(14)12-6-8(13)5-7-1-3-11-4-2-7/h3-8,11-14,27,30-31,33-35H,9-10,15-26,41-42H2,1-2H3,(H,45,50)(H,46,51)(H3,43,44,53);7-12,15-18,25-26,29-31H,13-14,19-24H2,1-6H3,(H,38,46)(H,39,43)(H,40,42)(H,44,45);7,11H,1-6H2,(H3,10,12,14)/t31-,33+,34+,35+;26-,29+,30-,31-;/m01./s1.